The van der Waals surface area contributed by atoms with Crippen molar-refractivity contribution in [1.82, 2.24) is 24.8 Å². The summed E-state index contributed by atoms with van der Waals surface area (Å²) in [7, 11) is 0. The lowest BCUT2D eigenvalue weighted by atomic mass is 9.90. The predicted molar refractivity (Wildman–Crippen MR) is 162 cm³/mol. The Kier molecular flexibility index (Phi) is 7.19. The smallest absolute Gasteiger partial charge is 0.260 e. The number of benzene rings is 2. The second-order valence-corrected chi connectivity index (χ2v) is 10.4. The van der Waals surface area contributed by atoms with Gasteiger partial charge in [-0.1, -0.05) is 24.3 Å². The summed E-state index contributed by atoms with van der Waals surface area (Å²) in [5, 5.41) is 7.43. The highest BCUT2D eigenvalue weighted by Crippen LogP contribution is 2.32. The second-order valence-electron chi connectivity index (χ2n) is 10.4. The van der Waals surface area contributed by atoms with E-state index in [9.17, 15) is 9.18 Å². The van der Waals surface area contributed by atoms with Gasteiger partial charge in [-0.2, -0.15) is 9.37 Å². The predicted octanol–water partition coefficient (Wildman–Crippen LogP) is 5.78. The summed E-state index contributed by atoms with van der Waals surface area (Å²) in [6, 6.07) is 18.7. The van der Waals surface area contributed by atoms with Crippen molar-refractivity contribution in [1.29, 1.82) is 0 Å². The Morgan fingerprint density at radius 1 is 1.00 bits per heavy atom. The first-order valence-electron chi connectivity index (χ1n) is 13.9. The van der Waals surface area contributed by atoms with Gasteiger partial charge in [0.05, 0.1) is 5.56 Å². The third-order valence-corrected chi connectivity index (χ3v) is 7.83. The third-order valence-electron chi connectivity index (χ3n) is 7.83. The van der Waals surface area contributed by atoms with E-state index in [-0.39, 0.29) is 5.56 Å². The molecule has 41 heavy (non-hydrogen) atoms. The molecule has 0 bridgehead atoms. The van der Waals surface area contributed by atoms with Crippen molar-refractivity contribution in [2.24, 2.45) is 0 Å². The largest absolute Gasteiger partial charge is 0.398 e. The summed E-state index contributed by atoms with van der Waals surface area (Å²) < 4.78 is 15.1. The van der Waals surface area contributed by atoms with Crippen LogP contribution in [0.1, 0.15) is 36.9 Å². The normalized spacial score (nSPS) is 13.9. The Morgan fingerprint density at radius 3 is 2.46 bits per heavy atom. The molecule has 9 heteroatoms. The molecule has 0 saturated carbocycles. The van der Waals surface area contributed by atoms with Crippen molar-refractivity contribution in [3.8, 4) is 22.3 Å². The van der Waals surface area contributed by atoms with E-state index in [0.29, 0.717) is 46.6 Å². The van der Waals surface area contributed by atoms with Gasteiger partial charge in [-0.3, -0.25) is 9.36 Å². The van der Waals surface area contributed by atoms with Gasteiger partial charge < -0.3 is 16.4 Å². The van der Waals surface area contributed by atoms with Gasteiger partial charge in [0.15, 0.2) is 0 Å². The number of piperidine rings is 1. The van der Waals surface area contributed by atoms with Crippen LogP contribution >= 0.6 is 0 Å². The maximum absolute atomic E-state index is 13.6. The first-order chi connectivity index (χ1) is 19.9. The van der Waals surface area contributed by atoms with Gasteiger partial charge in [0, 0.05) is 46.3 Å². The molecule has 1 aliphatic rings. The molecule has 8 nitrogen and oxygen atoms in total. The topological polar surface area (TPSA) is 111 Å². The minimum absolute atomic E-state index is 0.185. The fourth-order valence-electron chi connectivity index (χ4n) is 5.64. The lowest BCUT2D eigenvalue weighted by Crippen LogP contribution is -2.26. The number of hydrogen-bond acceptors (Lipinski definition) is 7. The summed E-state index contributed by atoms with van der Waals surface area (Å²) in [6.07, 6.45) is 4.03. The van der Waals surface area contributed by atoms with Crippen molar-refractivity contribution >= 4 is 28.4 Å². The average molecular weight is 550 g/mol. The first kappa shape index (κ1) is 26.6. The zero-order valence-electron chi connectivity index (χ0n) is 23.1. The molecule has 0 atom stereocenters. The molecule has 1 saturated heterocycles. The number of anilines is 3. The zero-order chi connectivity index (χ0) is 28.5. The van der Waals surface area contributed by atoms with Crippen LogP contribution in [0.5, 0.6) is 0 Å². The number of fused-ring (bicyclic) bond motifs is 1. The van der Waals surface area contributed by atoms with Crippen molar-refractivity contribution in [3.63, 3.8) is 0 Å². The van der Waals surface area contributed by atoms with Gasteiger partial charge in [0.1, 0.15) is 5.65 Å². The number of nitrogens with zero attached hydrogens (tertiary/aromatic N) is 4. The van der Waals surface area contributed by atoms with Crippen molar-refractivity contribution in [2.45, 2.75) is 39.2 Å². The molecule has 5 aromatic rings. The number of pyridine rings is 2. The standard InChI is InChI=1S/C32H32FN7O/c1-3-40-30-23(18-36-32(39-30)38-24-7-4-20(5-8-24)21-12-14-35-15-13-21)16-27(31(40)41)26-9-6-22(17-28(26)34)25-10-11-29(33)37-19(25)2/h4-11,16-18,21,35H,3,12-15,34H2,1-2H3,(H,36,38,39). The SMILES string of the molecule is CCn1c(=O)c(-c2ccc(-c3ccc(F)nc3C)cc2N)cc2cnc(Nc3ccc(C4CCNCC4)cc3)nc21. The molecular formula is C32H32FN7O. The number of rotatable bonds is 6. The minimum Gasteiger partial charge on any atom is -0.398 e. The van der Waals surface area contributed by atoms with Crippen LogP contribution in [0.3, 0.4) is 0 Å². The van der Waals surface area contributed by atoms with Crippen LogP contribution in [0, 0.1) is 12.9 Å². The van der Waals surface area contributed by atoms with Gasteiger partial charge in [-0.25, -0.2) is 9.97 Å². The van der Waals surface area contributed by atoms with Crippen LogP contribution in [0.25, 0.3) is 33.3 Å². The Bertz CT molecular complexity index is 1790. The van der Waals surface area contributed by atoms with Gasteiger partial charge in [0.25, 0.3) is 5.56 Å². The van der Waals surface area contributed by atoms with E-state index >= 15 is 0 Å². The van der Waals surface area contributed by atoms with E-state index in [1.807, 2.05) is 19.1 Å². The molecule has 1 aliphatic heterocycles. The Hall–Kier alpha value is -4.63. The van der Waals surface area contributed by atoms with Crippen LogP contribution in [0.15, 0.2) is 71.7 Å². The molecule has 0 unspecified atom stereocenters. The van der Waals surface area contributed by atoms with Crippen LogP contribution in [-0.4, -0.2) is 32.6 Å². The number of aryl methyl sites for hydroxylation is 2. The number of halogens is 1. The maximum Gasteiger partial charge on any atom is 0.260 e. The van der Waals surface area contributed by atoms with Gasteiger partial charge >= 0.3 is 0 Å². The number of nitrogens with one attached hydrogen (secondary N) is 2. The fraction of sp³-hybridized carbons (Fsp3) is 0.250. The van der Waals surface area contributed by atoms with Crippen LogP contribution in [-0.2, 0) is 6.54 Å². The molecule has 4 heterocycles. The fourth-order valence-corrected chi connectivity index (χ4v) is 5.64. The van der Waals surface area contributed by atoms with E-state index in [2.05, 4.69) is 44.9 Å². The van der Waals surface area contributed by atoms with Crippen molar-refractivity contribution in [2.75, 3.05) is 24.1 Å². The third kappa shape index (κ3) is 5.28. The Morgan fingerprint density at radius 2 is 1.76 bits per heavy atom. The summed E-state index contributed by atoms with van der Waals surface area (Å²) in [4.78, 5) is 26.8. The molecule has 0 aliphatic carbocycles. The van der Waals surface area contributed by atoms with E-state index in [1.54, 1.807) is 35.9 Å². The molecular weight excluding hydrogens is 517 g/mol. The highest BCUT2D eigenvalue weighted by Gasteiger charge is 2.17. The number of nitrogens with two attached hydrogens (primary N) is 1. The minimum atomic E-state index is -0.529. The lowest BCUT2D eigenvalue weighted by Gasteiger charge is -2.23. The van der Waals surface area contributed by atoms with E-state index < -0.39 is 5.95 Å². The van der Waals surface area contributed by atoms with E-state index in [1.165, 1.54) is 11.6 Å². The molecule has 208 valence electrons. The highest BCUT2D eigenvalue weighted by atomic mass is 19.1. The number of aromatic nitrogens is 4. The second kappa shape index (κ2) is 11.1. The average Bonchev–Trinajstić information content (AvgIpc) is 2.98. The summed E-state index contributed by atoms with van der Waals surface area (Å²) in [5.74, 6) is 0.483. The van der Waals surface area contributed by atoms with Crippen LogP contribution in [0.2, 0.25) is 0 Å². The highest BCUT2D eigenvalue weighted by molar-refractivity contribution is 5.87. The quantitative estimate of drug-likeness (QED) is 0.182. The Balaban J connectivity index is 1.31. The summed E-state index contributed by atoms with van der Waals surface area (Å²) >= 11 is 0. The summed E-state index contributed by atoms with van der Waals surface area (Å²) in [5.41, 5.74) is 12.7. The molecule has 0 amide bonds. The zero-order valence-corrected chi connectivity index (χ0v) is 23.1. The number of nitrogen functional groups attached to an aromatic ring is 1. The monoisotopic (exact) mass is 549 g/mol. The molecule has 3 aromatic heterocycles. The Labute approximate surface area is 237 Å². The molecule has 0 spiro atoms. The lowest BCUT2D eigenvalue weighted by molar-refractivity contribution is 0.460. The van der Waals surface area contributed by atoms with Crippen LogP contribution < -0.4 is 21.9 Å². The molecule has 0 radical (unpaired) electrons. The molecule has 6 rings (SSSR count). The van der Waals surface area contributed by atoms with Gasteiger partial charge in [-0.05, 0) is 93.2 Å². The first-order valence-corrected chi connectivity index (χ1v) is 13.9. The molecule has 4 N–H and O–H groups in total. The number of hydrogen-bond donors (Lipinski definition) is 3. The van der Waals surface area contributed by atoms with Crippen molar-refractivity contribution < 1.29 is 4.39 Å². The van der Waals surface area contributed by atoms with E-state index in [4.69, 9.17) is 10.7 Å². The summed E-state index contributed by atoms with van der Waals surface area (Å²) in [6.45, 7) is 6.21. The molecule has 1 fully saturated rings. The van der Waals surface area contributed by atoms with Gasteiger partial charge in [0.2, 0.25) is 11.9 Å². The van der Waals surface area contributed by atoms with Crippen molar-refractivity contribution in [3.05, 3.63) is 94.4 Å². The molecule has 2 aromatic carbocycles. The maximum atomic E-state index is 13.6. The van der Waals surface area contributed by atoms with Crippen LogP contribution in [0.4, 0.5) is 21.7 Å². The van der Waals surface area contributed by atoms with Gasteiger partial charge in [-0.15, -0.1) is 0 Å². The van der Waals surface area contributed by atoms with E-state index in [0.717, 1.165) is 48.1 Å².